The van der Waals surface area contributed by atoms with Gasteiger partial charge in [-0.2, -0.15) is 4.98 Å². The number of pyridine rings is 1. The van der Waals surface area contributed by atoms with Crippen molar-refractivity contribution in [2.75, 3.05) is 17.7 Å². The number of nitrogen functional groups attached to an aromatic ring is 1. The maximum atomic E-state index is 5.55. The molecule has 20 heavy (non-hydrogen) atoms. The first-order chi connectivity index (χ1) is 9.72. The SMILES string of the molecule is CN(Cc1nc(-c2ccccn2)no1)c1nnc(N)s1. The summed E-state index contributed by atoms with van der Waals surface area (Å²) in [7, 11) is 1.85. The molecule has 3 heterocycles. The maximum absolute atomic E-state index is 5.55. The van der Waals surface area contributed by atoms with E-state index in [4.69, 9.17) is 10.3 Å². The van der Waals surface area contributed by atoms with Gasteiger partial charge in [-0.3, -0.25) is 4.98 Å². The monoisotopic (exact) mass is 289 g/mol. The molecule has 0 saturated heterocycles. The lowest BCUT2D eigenvalue weighted by molar-refractivity contribution is 0.378. The summed E-state index contributed by atoms with van der Waals surface area (Å²) in [6, 6.07) is 5.52. The predicted molar refractivity (Wildman–Crippen MR) is 74.0 cm³/mol. The van der Waals surface area contributed by atoms with Crippen molar-refractivity contribution in [2.24, 2.45) is 0 Å². The van der Waals surface area contributed by atoms with E-state index in [1.54, 1.807) is 6.20 Å². The number of anilines is 2. The molecule has 0 fully saturated rings. The molecular formula is C11H11N7OS. The van der Waals surface area contributed by atoms with Gasteiger partial charge >= 0.3 is 0 Å². The molecule has 0 aliphatic rings. The lowest BCUT2D eigenvalue weighted by atomic mass is 10.3. The van der Waals surface area contributed by atoms with Crippen molar-refractivity contribution in [2.45, 2.75) is 6.54 Å². The zero-order valence-corrected chi connectivity index (χ0v) is 11.4. The topological polar surface area (TPSA) is 107 Å². The van der Waals surface area contributed by atoms with Crippen LogP contribution >= 0.6 is 11.3 Å². The van der Waals surface area contributed by atoms with Crippen LogP contribution < -0.4 is 10.6 Å². The number of nitrogens with two attached hydrogens (primary N) is 1. The van der Waals surface area contributed by atoms with Crippen LogP contribution in [0, 0.1) is 0 Å². The van der Waals surface area contributed by atoms with Crippen molar-refractivity contribution in [1.29, 1.82) is 0 Å². The Balaban J connectivity index is 1.74. The van der Waals surface area contributed by atoms with E-state index in [-0.39, 0.29) is 0 Å². The molecule has 3 aromatic rings. The molecule has 3 rings (SSSR count). The third kappa shape index (κ3) is 2.57. The van der Waals surface area contributed by atoms with Gasteiger partial charge in [0.2, 0.25) is 22.0 Å². The van der Waals surface area contributed by atoms with Crippen LogP contribution in [0.3, 0.4) is 0 Å². The van der Waals surface area contributed by atoms with E-state index in [1.165, 1.54) is 11.3 Å². The molecule has 0 spiro atoms. The van der Waals surface area contributed by atoms with Gasteiger partial charge in [0.1, 0.15) is 5.69 Å². The second-order valence-electron chi connectivity index (χ2n) is 4.01. The van der Waals surface area contributed by atoms with Crippen LogP contribution in [0.5, 0.6) is 0 Å². The molecule has 0 saturated carbocycles. The molecule has 3 aromatic heterocycles. The number of hydrogen-bond donors (Lipinski definition) is 1. The lowest BCUT2D eigenvalue weighted by Gasteiger charge is -2.10. The Kier molecular flexibility index (Phi) is 3.25. The van der Waals surface area contributed by atoms with Crippen molar-refractivity contribution in [1.82, 2.24) is 25.3 Å². The Morgan fingerprint density at radius 1 is 1.35 bits per heavy atom. The van der Waals surface area contributed by atoms with Crippen LogP contribution in [0.25, 0.3) is 11.5 Å². The first kappa shape index (κ1) is 12.5. The van der Waals surface area contributed by atoms with Gasteiger partial charge in [0, 0.05) is 13.2 Å². The Morgan fingerprint density at radius 2 is 2.25 bits per heavy atom. The van der Waals surface area contributed by atoms with Crippen molar-refractivity contribution < 1.29 is 4.52 Å². The van der Waals surface area contributed by atoms with E-state index in [1.807, 2.05) is 30.1 Å². The summed E-state index contributed by atoms with van der Waals surface area (Å²) < 4.78 is 5.20. The molecule has 0 unspecified atom stereocenters. The smallest absolute Gasteiger partial charge is 0.246 e. The first-order valence-electron chi connectivity index (χ1n) is 5.76. The van der Waals surface area contributed by atoms with Gasteiger partial charge in [-0.05, 0) is 12.1 Å². The number of hydrogen-bond acceptors (Lipinski definition) is 9. The predicted octanol–water partition coefficient (Wildman–Crippen LogP) is 1.20. The molecule has 0 amide bonds. The number of rotatable bonds is 4. The second-order valence-corrected chi connectivity index (χ2v) is 4.99. The lowest BCUT2D eigenvalue weighted by Crippen LogP contribution is -2.16. The van der Waals surface area contributed by atoms with E-state index in [2.05, 4.69) is 25.3 Å². The quantitative estimate of drug-likeness (QED) is 0.763. The third-order valence-corrected chi connectivity index (χ3v) is 3.36. The summed E-state index contributed by atoms with van der Waals surface area (Å²) in [6.07, 6.45) is 1.68. The van der Waals surface area contributed by atoms with Gasteiger partial charge in [0.05, 0.1) is 6.54 Å². The Labute approximate surface area is 118 Å². The van der Waals surface area contributed by atoms with Crippen LogP contribution in [-0.4, -0.2) is 32.4 Å². The molecule has 0 aromatic carbocycles. The molecule has 0 bridgehead atoms. The maximum Gasteiger partial charge on any atom is 0.246 e. The normalized spacial score (nSPS) is 10.7. The standard InChI is InChI=1S/C11H11N7OS/c1-18(11-16-15-10(12)20-11)6-8-14-9(17-19-8)7-4-2-3-5-13-7/h2-5H,6H2,1H3,(H2,12,15). The summed E-state index contributed by atoms with van der Waals surface area (Å²) in [5.41, 5.74) is 6.22. The molecule has 102 valence electrons. The van der Waals surface area contributed by atoms with E-state index in [0.29, 0.717) is 34.2 Å². The summed E-state index contributed by atoms with van der Waals surface area (Å²) >= 11 is 1.30. The average molecular weight is 289 g/mol. The average Bonchev–Trinajstić information content (AvgIpc) is 3.09. The van der Waals surface area contributed by atoms with Gasteiger partial charge in [-0.15, -0.1) is 10.2 Å². The fraction of sp³-hybridized carbons (Fsp3) is 0.182. The molecule has 0 radical (unpaired) electrons. The second kappa shape index (κ2) is 5.21. The molecule has 8 nitrogen and oxygen atoms in total. The van der Waals surface area contributed by atoms with Crippen molar-refractivity contribution >= 4 is 21.6 Å². The first-order valence-corrected chi connectivity index (χ1v) is 6.58. The van der Waals surface area contributed by atoms with E-state index in [9.17, 15) is 0 Å². The highest BCUT2D eigenvalue weighted by molar-refractivity contribution is 7.18. The molecule has 2 N–H and O–H groups in total. The molecule has 0 atom stereocenters. The fourth-order valence-corrected chi connectivity index (χ4v) is 2.14. The largest absolute Gasteiger partial charge is 0.374 e. The highest BCUT2D eigenvalue weighted by Gasteiger charge is 2.14. The Morgan fingerprint density at radius 3 is 2.95 bits per heavy atom. The summed E-state index contributed by atoms with van der Waals surface area (Å²) in [6.45, 7) is 0.425. The van der Waals surface area contributed by atoms with Crippen LogP contribution in [0.2, 0.25) is 0 Å². The summed E-state index contributed by atoms with van der Waals surface area (Å²) in [5.74, 6) is 0.938. The van der Waals surface area contributed by atoms with Gasteiger partial charge in [-0.1, -0.05) is 22.6 Å². The zero-order valence-electron chi connectivity index (χ0n) is 10.6. The van der Waals surface area contributed by atoms with E-state index < -0.39 is 0 Å². The van der Waals surface area contributed by atoms with Gasteiger partial charge in [-0.25, -0.2) is 0 Å². The third-order valence-electron chi connectivity index (χ3n) is 2.49. The number of nitrogens with zero attached hydrogens (tertiary/aromatic N) is 6. The molecule has 0 aliphatic heterocycles. The van der Waals surface area contributed by atoms with Crippen LogP contribution in [-0.2, 0) is 6.54 Å². The zero-order chi connectivity index (χ0) is 13.9. The molecule has 0 aliphatic carbocycles. The number of aromatic nitrogens is 5. The van der Waals surface area contributed by atoms with Crippen LogP contribution in [0.15, 0.2) is 28.9 Å². The minimum Gasteiger partial charge on any atom is -0.374 e. The van der Waals surface area contributed by atoms with Crippen LogP contribution in [0.4, 0.5) is 10.3 Å². The Hall–Kier alpha value is -2.55. The molecule has 9 heteroatoms. The van der Waals surface area contributed by atoms with E-state index in [0.717, 1.165) is 0 Å². The van der Waals surface area contributed by atoms with Gasteiger partial charge < -0.3 is 15.2 Å². The van der Waals surface area contributed by atoms with Crippen molar-refractivity contribution in [3.05, 3.63) is 30.3 Å². The van der Waals surface area contributed by atoms with Crippen LogP contribution in [0.1, 0.15) is 5.89 Å². The van der Waals surface area contributed by atoms with Crippen molar-refractivity contribution in [3.63, 3.8) is 0 Å². The summed E-state index contributed by atoms with van der Waals surface area (Å²) in [4.78, 5) is 10.3. The molecular weight excluding hydrogens is 278 g/mol. The minimum absolute atomic E-state index is 0.423. The fourth-order valence-electron chi connectivity index (χ4n) is 1.57. The van der Waals surface area contributed by atoms with E-state index >= 15 is 0 Å². The summed E-state index contributed by atoms with van der Waals surface area (Å²) in [5, 5.41) is 12.7. The van der Waals surface area contributed by atoms with Gasteiger partial charge in [0.15, 0.2) is 0 Å². The highest BCUT2D eigenvalue weighted by atomic mass is 32.1. The van der Waals surface area contributed by atoms with Gasteiger partial charge in [0.25, 0.3) is 0 Å². The minimum atomic E-state index is 0.423. The van der Waals surface area contributed by atoms with Crippen molar-refractivity contribution in [3.8, 4) is 11.5 Å². The highest BCUT2D eigenvalue weighted by Crippen LogP contribution is 2.22. The Bertz CT molecular complexity index is 696.